The van der Waals surface area contributed by atoms with E-state index in [1.807, 2.05) is 31.2 Å². The highest BCUT2D eigenvalue weighted by Crippen LogP contribution is 2.44. The lowest BCUT2D eigenvalue weighted by atomic mass is 9.88. The van der Waals surface area contributed by atoms with Gasteiger partial charge in [-0.05, 0) is 54.9 Å². The SMILES string of the molecule is C[C@@H]1C[C@H](C(=O)O)CCN1C(=O)C1(NC(=O)OCC2c3ccccc3-c3ccccc32)CCCC1. The summed E-state index contributed by atoms with van der Waals surface area (Å²) < 4.78 is 5.74. The van der Waals surface area contributed by atoms with Crippen molar-refractivity contribution in [3.8, 4) is 11.1 Å². The van der Waals surface area contributed by atoms with Crippen LogP contribution in [0.15, 0.2) is 48.5 Å². The Balaban J connectivity index is 1.27. The van der Waals surface area contributed by atoms with E-state index in [9.17, 15) is 19.5 Å². The third-order valence-electron chi connectivity index (χ3n) is 8.04. The van der Waals surface area contributed by atoms with E-state index in [1.165, 1.54) is 11.1 Å². The third-order valence-corrected chi connectivity index (χ3v) is 8.04. The van der Waals surface area contributed by atoms with Crippen molar-refractivity contribution < 1.29 is 24.2 Å². The summed E-state index contributed by atoms with van der Waals surface area (Å²) in [5, 5.41) is 12.3. The van der Waals surface area contributed by atoms with Crippen LogP contribution in [-0.2, 0) is 14.3 Å². The number of aliphatic carboxylic acids is 1. The zero-order valence-electron chi connectivity index (χ0n) is 20.0. The van der Waals surface area contributed by atoms with E-state index in [2.05, 4.69) is 29.6 Å². The van der Waals surface area contributed by atoms with Crippen molar-refractivity contribution in [2.75, 3.05) is 13.2 Å². The van der Waals surface area contributed by atoms with Crippen molar-refractivity contribution in [2.24, 2.45) is 5.92 Å². The smallest absolute Gasteiger partial charge is 0.408 e. The fourth-order valence-electron chi connectivity index (χ4n) is 6.17. The second-order valence-electron chi connectivity index (χ2n) is 10.1. The summed E-state index contributed by atoms with van der Waals surface area (Å²) in [5.41, 5.74) is 3.63. The van der Waals surface area contributed by atoms with Gasteiger partial charge in [0, 0.05) is 18.5 Å². The molecule has 0 bridgehead atoms. The summed E-state index contributed by atoms with van der Waals surface area (Å²) in [5.74, 6) is -1.39. The highest BCUT2D eigenvalue weighted by Gasteiger charge is 2.47. The Morgan fingerprint density at radius 3 is 2.20 bits per heavy atom. The molecule has 2 amide bonds. The summed E-state index contributed by atoms with van der Waals surface area (Å²) in [7, 11) is 0. The molecule has 7 heteroatoms. The number of nitrogens with zero attached hydrogens (tertiary/aromatic N) is 1. The Kier molecular flexibility index (Phi) is 6.26. The van der Waals surface area contributed by atoms with Crippen molar-refractivity contribution in [1.29, 1.82) is 0 Å². The fraction of sp³-hybridized carbons (Fsp3) is 0.464. The number of likely N-dealkylation sites (tertiary alicyclic amines) is 1. The van der Waals surface area contributed by atoms with E-state index in [-0.39, 0.29) is 24.5 Å². The van der Waals surface area contributed by atoms with Gasteiger partial charge < -0.3 is 20.1 Å². The molecule has 0 radical (unpaired) electrons. The molecule has 1 saturated heterocycles. The van der Waals surface area contributed by atoms with E-state index in [0.29, 0.717) is 32.2 Å². The lowest BCUT2D eigenvalue weighted by Gasteiger charge is -2.41. The van der Waals surface area contributed by atoms with Crippen molar-refractivity contribution in [3.63, 3.8) is 0 Å². The van der Waals surface area contributed by atoms with Crippen LogP contribution in [0, 0.1) is 5.92 Å². The van der Waals surface area contributed by atoms with Crippen molar-refractivity contribution in [2.45, 2.75) is 62.9 Å². The standard InChI is InChI=1S/C28H32N2O5/c1-18-16-19(25(31)32)12-15-30(18)26(33)28(13-6-7-14-28)29-27(34)35-17-24-22-10-4-2-8-20(22)21-9-3-5-11-23(21)24/h2-5,8-11,18-19,24H,6-7,12-17H2,1H3,(H,29,34)(H,31,32)/t18-,19-/m1/s1. The maximum Gasteiger partial charge on any atom is 0.408 e. The van der Waals surface area contributed by atoms with Crippen LogP contribution in [0.1, 0.15) is 62.5 Å². The predicted octanol–water partition coefficient (Wildman–Crippen LogP) is 4.55. The number of ether oxygens (including phenoxy) is 1. The Morgan fingerprint density at radius 2 is 1.63 bits per heavy atom. The first-order valence-electron chi connectivity index (χ1n) is 12.6. The van der Waals surface area contributed by atoms with E-state index >= 15 is 0 Å². The average Bonchev–Trinajstić information content (AvgIpc) is 3.46. The van der Waals surface area contributed by atoms with Gasteiger partial charge in [-0.15, -0.1) is 0 Å². The summed E-state index contributed by atoms with van der Waals surface area (Å²) >= 11 is 0. The van der Waals surface area contributed by atoms with Crippen LogP contribution in [0.3, 0.4) is 0 Å². The van der Waals surface area contributed by atoms with Crippen LogP contribution >= 0.6 is 0 Å². The number of hydrogen-bond donors (Lipinski definition) is 2. The van der Waals surface area contributed by atoms with Crippen LogP contribution in [0.2, 0.25) is 0 Å². The fourth-order valence-corrected chi connectivity index (χ4v) is 6.17. The molecule has 2 atom stereocenters. The average molecular weight is 477 g/mol. The van der Waals surface area contributed by atoms with Gasteiger partial charge in [-0.2, -0.15) is 0 Å². The molecular weight excluding hydrogens is 444 g/mol. The molecule has 0 spiro atoms. The molecule has 2 N–H and O–H groups in total. The molecule has 0 unspecified atom stereocenters. The van der Waals surface area contributed by atoms with Gasteiger partial charge in [0.05, 0.1) is 5.92 Å². The largest absolute Gasteiger partial charge is 0.481 e. The molecule has 1 saturated carbocycles. The number of carbonyl (C=O) groups excluding carboxylic acids is 2. The molecule has 184 valence electrons. The van der Waals surface area contributed by atoms with Crippen molar-refractivity contribution >= 4 is 18.0 Å². The quantitative estimate of drug-likeness (QED) is 0.660. The number of carboxylic acid groups (broad SMARTS) is 1. The van der Waals surface area contributed by atoms with Gasteiger partial charge in [0.2, 0.25) is 5.91 Å². The number of fused-ring (bicyclic) bond motifs is 3. The summed E-state index contributed by atoms with van der Waals surface area (Å²) in [4.78, 5) is 39.8. The molecule has 1 heterocycles. The minimum atomic E-state index is -0.979. The molecular formula is C28H32N2O5. The predicted molar refractivity (Wildman–Crippen MR) is 131 cm³/mol. The molecule has 5 rings (SSSR count). The molecule has 0 aromatic heterocycles. The zero-order valence-corrected chi connectivity index (χ0v) is 20.0. The molecule has 2 aromatic carbocycles. The molecule has 2 fully saturated rings. The van der Waals surface area contributed by atoms with Gasteiger partial charge in [-0.25, -0.2) is 4.79 Å². The normalized spacial score (nSPS) is 22.8. The van der Waals surface area contributed by atoms with E-state index in [1.54, 1.807) is 4.90 Å². The highest BCUT2D eigenvalue weighted by atomic mass is 16.5. The van der Waals surface area contributed by atoms with Crippen LogP contribution in [-0.4, -0.2) is 52.7 Å². The van der Waals surface area contributed by atoms with Gasteiger partial charge in [-0.3, -0.25) is 9.59 Å². The lowest BCUT2D eigenvalue weighted by Crippen LogP contribution is -2.61. The topological polar surface area (TPSA) is 95.9 Å². The van der Waals surface area contributed by atoms with Crippen molar-refractivity contribution in [3.05, 3.63) is 59.7 Å². The molecule has 2 aliphatic carbocycles. The van der Waals surface area contributed by atoms with Crippen LogP contribution in [0.4, 0.5) is 4.79 Å². The summed E-state index contributed by atoms with van der Waals surface area (Å²) in [6.07, 6.45) is 3.15. The minimum Gasteiger partial charge on any atom is -0.481 e. The first-order chi connectivity index (χ1) is 16.9. The Morgan fingerprint density at radius 1 is 1.03 bits per heavy atom. The Labute approximate surface area is 205 Å². The number of carbonyl (C=O) groups is 3. The zero-order chi connectivity index (χ0) is 24.6. The number of amides is 2. The molecule has 3 aliphatic rings. The van der Waals surface area contributed by atoms with Crippen molar-refractivity contribution in [1.82, 2.24) is 10.2 Å². The monoisotopic (exact) mass is 476 g/mol. The van der Waals surface area contributed by atoms with Gasteiger partial charge in [-0.1, -0.05) is 61.4 Å². The van der Waals surface area contributed by atoms with E-state index in [0.717, 1.165) is 24.0 Å². The number of piperidine rings is 1. The summed E-state index contributed by atoms with van der Waals surface area (Å²) in [6, 6.07) is 16.2. The third kappa shape index (κ3) is 4.28. The molecule has 1 aliphatic heterocycles. The Hall–Kier alpha value is -3.35. The lowest BCUT2D eigenvalue weighted by molar-refractivity contribution is -0.150. The maximum atomic E-state index is 13.6. The highest BCUT2D eigenvalue weighted by molar-refractivity contribution is 5.91. The van der Waals surface area contributed by atoms with Gasteiger partial charge in [0.25, 0.3) is 0 Å². The number of alkyl carbamates (subject to hydrolysis) is 1. The number of hydrogen-bond acceptors (Lipinski definition) is 4. The molecule has 2 aromatic rings. The number of nitrogens with one attached hydrogen (secondary N) is 1. The van der Waals surface area contributed by atoms with Gasteiger partial charge in [0.1, 0.15) is 12.1 Å². The Bertz CT molecular complexity index is 1090. The molecule has 35 heavy (non-hydrogen) atoms. The van der Waals surface area contributed by atoms with Crippen LogP contribution in [0.5, 0.6) is 0 Å². The van der Waals surface area contributed by atoms with E-state index in [4.69, 9.17) is 4.74 Å². The van der Waals surface area contributed by atoms with Gasteiger partial charge in [0.15, 0.2) is 0 Å². The molecule has 7 nitrogen and oxygen atoms in total. The van der Waals surface area contributed by atoms with E-state index < -0.39 is 23.5 Å². The van der Waals surface area contributed by atoms with Crippen LogP contribution in [0.25, 0.3) is 11.1 Å². The summed E-state index contributed by atoms with van der Waals surface area (Å²) in [6.45, 7) is 2.48. The number of rotatable bonds is 5. The number of benzene rings is 2. The second kappa shape index (κ2) is 9.36. The van der Waals surface area contributed by atoms with Crippen LogP contribution < -0.4 is 5.32 Å². The second-order valence-corrected chi connectivity index (χ2v) is 10.1. The first-order valence-corrected chi connectivity index (χ1v) is 12.6. The number of carboxylic acids is 1. The first kappa shape index (κ1) is 23.4. The maximum absolute atomic E-state index is 13.6. The van der Waals surface area contributed by atoms with Gasteiger partial charge >= 0.3 is 12.1 Å². The minimum absolute atomic E-state index is 0.0431.